The van der Waals surface area contributed by atoms with Crippen molar-refractivity contribution in [3.8, 4) is 0 Å². The molecule has 4 rings (SSSR count). The average Bonchev–Trinajstić information content (AvgIpc) is 3.03. The molecule has 0 radical (unpaired) electrons. The van der Waals surface area contributed by atoms with Crippen molar-refractivity contribution in [1.82, 2.24) is 9.55 Å². The van der Waals surface area contributed by atoms with E-state index < -0.39 is 0 Å². The molecule has 5 nitrogen and oxygen atoms in total. The van der Waals surface area contributed by atoms with Crippen LogP contribution in [0.5, 0.6) is 0 Å². The Morgan fingerprint density at radius 1 is 1.28 bits per heavy atom. The number of benzene rings is 1. The Bertz CT molecular complexity index is 1120. The number of aromatic nitrogens is 2. The lowest BCUT2D eigenvalue weighted by Gasteiger charge is -2.33. The molecule has 0 saturated heterocycles. The summed E-state index contributed by atoms with van der Waals surface area (Å²) in [5.41, 5.74) is 3.15. The first-order valence-electron chi connectivity index (χ1n) is 10.1. The molecule has 1 amide bonds. The molecule has 1 N–H and O–H groups in total. The van der Waals surface area contributed by atoms with Crippen LogP contribution < -0.4 is 10.9 Å². The summed E-state index contributed by atoms with van der Waals surface area (Å²) in [4.78, 5) is 32.2. The normalized spacial score (nSPS) is 16.6. The summed E-state index contributed by atoms with van der Waals surface area (Å²) in [6.07, 6.45) is 4.51. The van der Waals surface area contributed by atoms with E-state index in [1.54, 1.807) is 11.3 Å². The topological polar surface area (TPSA) is 64.0 Å². The zero-order valence-corrected chi connectivity index (χ0v) is 18.2. The summed E-state index contributed by atoms with van der Waals surface area (Å²) in [5, 5.41) is 3.56. The Kier molecular flexibility index (Phi) is 5.07. The summed E-state index contributed by atoms with van der Waals surface area (Å²) >= 11 is 1.64. The molecule has 1 aliphatic carbocycles. The van der Waals surface area contributed by atoms with Gasteiger partial charge in [-0.1, -0.05) is 38.5 Å². The largest absolute Gasteiger partial charge is 0.325 e. The number of rotatable bonds is 3. The zero-order valence-electron chi connectivity index (χ0n) is 17.4. The Morgan fingerprint density at radius 2 is 2.00 bits per heavy atom. The highest BCUT2D eigenvalue weighted by Gasteiger charge is 2.31. The fraction of sp³-hybridized carbons (Fsp3) is 0.435. The number of hydrogen-bond donors (Lipinski definition) is 1. The molecule has 6 heteroatoms. The van der Waals surface area contributed by atoms with E-state index in [4.69, 9.17) is 0 Å². The number of fused-ring (bicyclic) bond motifs is 3. The van der Waals surface area contributed by atoms with Gasteiger partial charge in [-0.25, -0.2) is 4.98 Å². The number of carbonyl (C=O) groups excluding carboxylic acids is 1. The van der Waals surface area contributed by atoms with E-state index in [-0.39, 0.29) is 23.4 Å². The Morgan fingerprint density at radius 3 is 2.69 bits per heavy atom. The molecule has 2 aromatic heterocycles. The molecule has 0 fully saturated rings. The van der Waals surface area contributed by atoms with Crippen LogP contribution in [0.25, 0.3) is 10.2 Å². The number of carbonyl (C=O) groups is 1. The predicted molar refractivity (Wildman–Crippen MR) is 119 cm³/mol. The molecule has 1 aromatic carbocycles. The number of nitrogens with one attached hydrogen (secondary N) is 1. The van der Waals surface area contributed by atoms with Gasteiger partial charge in [0.2, 0.25) is 5.91 Å². The van der Waals surface area contributed by atoms with Crippen molar-refractivity contribution in [3.05, 3.63) is 57.0 Å². The third kappa shape index (κ3) is 3.99. The van der Waals surface area contributed by atoms with Gasteiger partial charge in [0.15, 0.2) is 0 Å². The fourth-order valence-electron chi connectivity index (χ4n) is 4.05. The Hall–Kier alpha value is -2.47. The lowest BCUT2D eigenvalue weighted by molar-refractivity contribution is -0.116. The van der Waals surface area contributed by atoms with Crippen molar-refractivity contribution in [2.45, 2.75) is 53.5 Å². The second-order valence-electron chi connectivity index (χ2n) is 9.08. The number of anilines is 1. The van der Waals surface area contributed by atoms with Crippen molar-refractivity contribution in [2.75, 3.05) is 5.32 Å². The van der Waals surface area contributed by atoms with Crippen LogP contribution in [-0.4, -0.2) is 15.5 Å². The maximum atomic E-state index is 13.1. The van der Waals surface area contributed by atoms with E-state index in [9.17, 15) is 9.59 Å². The van der Waals surface area contributed by atoms with Crippen LogP contribution in [0.15, 0.2) is 35.4 Å². The van der Waals surface area contributed by atoms with Gasteiger partial charge in [-0.3, -0.25) is 14.2 Å². The SMILES string of the molecule is Cc1ccc(NC(=O)Cn2cnc3sc4c(c3c2=O)CCC(C(C)(C)C)C4)cc1. The first-order valence-corrected chi connectivity index (χ1v) is 10.9. The van der Waals surface area contributed by atoms with Gasteiger partial charge >= 0.3 is 0 Å². The standard InChI is InChI=1S/C23H27N3O2S/c1-14-5-8-16(9-6-14)25-19(27)12-26-13-24-21-20(22(26)28)17-10-7-15(23(2,3)4)11-18(17)29-21/h5-6,8-9,13,15H,7,10-12H2,1-4H3,(H,25,27). The number of thiophene rings is 1. The van der Waals surface area contributed by atoms with Gasteiger partial charge in [0, 0.05) is 10.6 Å². The molecule has 2 heterocycles. The number of aryl methyl sites for hydroxylation is 2. The van der Waals surface area contributed by atoms with E-state index >= 15 is 0 Å². The van der Waals surface area contributed by atoms with Crippen LogP contribution in [0.3, 0.4) is 0 Å². The monoisotopic (exact) mass is 409 g/mol. The van der Waals surface area contributed by atoms with E-state index in [0.717, 1.165) is 40.9 Å². The highest BCUT2D eigenvalue weighted by Crippen LogP contribution is 2.41. The van der Waals surface area contributed by atoms with E-state index in [0.29, 0.717) is 11.3 Å². The summed E-state index contributed by atoms with van der Waals surface area (Å²) in [7, 11) is 0. The highest BCUT2D eigenvalue weighted by atomic mass is 32.1. The minimum absolute atomic E-state index is 0.0368. The van der Waals surface area contributed by atoms with Gasteiger partial charge in [0.05, 0.1) is 11.7 Å². The number of hydrogen-bond acceptors (Lipinski definition) is 4. The van der Waals surface area contributed by atoms with Crippen LogP contribution in [0.2, 0.25) is 0 Å². The molecule has 1 unspecified atom stereocenters. The molecular weight excluding hydrogens is 382 g/mol. The van der Waals surface area contributed by atoms with Crippen molar-refractivity contribution in [3.63, 3.8) is 0 Å². The molecule has 152 valence electrons. The molecule has 1 atom stereocenters. The lowest BCUT2D eigenvalue weighted by Crippen LogP contribution is -2.29. The summed E-state index contributed by atoms with van der Waals surface area (Å²) in [5.74, 6) is 0.388. The fourth-order valence-corrected chi connectivity index (χ4v) is 5.30. The van der Waals surface area contributed by atoms with Gasteiger partial charge < -0.3 is 5.32 Å². The van der Waals surface area contributed by atoms with Gasteiger partial charge in [-0.2, -0.15) is 0 Å². The van der Waals surface area contributed by atoms with Crippen LogP contribution in [-0.2, 0) is 24.2 Å². The smallest absolute Gasteiger partial charge is 0.262 e. The summed E-state index contributed by atoms with van der Waals surface area (Å²) in [6, 6.07) is 7.60. The predicted octanol–water partition coefficient (Wildman–Crippen LogP) is 4.56. The summed E-state index contributed by atoms with van der Waals surface area (Å²) < 4.78 is 1.43. The third-order valence-electron chi connectivity index (χ3n) is 5.91. The van der Waals surface area contributed by atoms with Crippen LogP contribution in [0.1, 0.15) is 43.2 Å². The maximum absolute atomic E-state index is 13.1. The average molecular weight is 410 g/mol. The molecule has 29 heavy (non-hydrogen) atoms. The second-order valence-corrected chi connectivity index (χ2v) is 10.2. The van der Waals surface area contributed by atoms with Crippen LogP contribution in [0, 0.1) is 18.3 Å². The van der Waals surface area contributed by atoms with Crippen molar-refractivity contribution < 1.29 is 4.79 Å². The number of nitrogens with zero attached hydrogens (tertiary/aromatic N) is 2. The molecule has 0 aliphatic heterocycles. The molecule has 0 spiro atoms. The summed E-state index contributed by atoms with van der Waals surface area (Å²) in [6.45, 7) is 8.82. The first-order chi connectivity index (χ1) is 13.7. The van der Waals surface area contributed by atoms with Crippen LogP contribution in [0.4, 0.5) is 5.69 Å². The van der Waals surface area contributed by atoms with Crippen LogP contribution >= 0.6 is 11.3 Å². The number of amides is 1. The van der Waals surface area contributed by atoms with Gasteiger partial charge in [0.1, 0.15) is 11.4 Å². The maximum Gasteiger partial charge on any atom is 0.262 e. The molecule has 0 bridgehead atoms. The minimum Gasteiger partial charge on any atom is -0.325 e. The van der Waals surface area contributed by atoms with E-state index in [1.807, 2.05) is 31.2 Å². The van der Waals surface area contributed by atoms with Gasteiger partial charge in [0.25, 0.3) is 5.56 Å². The quantitative estimate of drug-likeness (QED) is 0.690. The molecule has 1 aliphatic rings. The Labute approximate surface area is 174 Å². The second kappa shape index (κ2) is 7.41. The minimum atomic E-state index is -0.228. The first kappa shape index (κ1) is 19.8. The zero-order chi connectivity index (χ0) is 20.8. The van der Waals surface area contributed by atoms with E-state index in [2.05, 4.69) is 31.1 Å². The Balaban J connectivity index is 1.59. The van der Waals surface area contributed by atoms with Gasteiger partial charge in [-0.15, -0.1) is 11.3 Å². The molecule has 3 aromatic rings. The van der Waals surface area contributed by atoms with Gasteiger partial charge in [-0.05, 0) is 55.2 Å². The lowest BCUT2D eigenvalue weighted by atomic mass is 9.72. The third-order valence-corrected chi connectivity index (χ3v) is 7.07. The van der Waals surface area contributed by atoms with Crippen molar-refractivity contribution >= 4 is 33.1 Å². The highest BCUT2D eigenvalue weighted by molar-refractivity contribution is 7.18. The molecule has 0 saturated carbocycles. The van der Waals surface area contributed by atoms with Crippen molar-refractivity contribution in [2.24, 2.45) is 11.3 Å². The molecular formula is C23H27N3O2S. The van der Waals surface area contributed by atoms with Crippen molar-refractivity contribution in [1.29, 1.82) is 0 Å². The van der Waals surface area contributed by atoms with E-state index in [1.165, 1.54) is 15.8 Å².